The Labute approximate surface area is 104 Å². The average molecular weight is 251 g/mol. The highest BCUT2D eigenvalue weighted by atomic mass is 31.2. The molecule has 0 aliphatic carbocycles. The molecule has 1 aliphatic rings. The molecule has 94 valence electrons. The molecule has 2 nitrogen and oxygen atoms in total. The topological polar surface area (TPSA) is 20.3 Å². The summed E-state index contributed by atoms with van der Waals surface area (Å²) in [6, 6.07) is 6.23. The predicted molar refractivity (Wildman–Crippen MR) is 76.3 cm³/mol. The Morgan fingerprint density at radius 3 is 2.41 bits per heavy atom. The van der Waals surface area contributed by atoms with Crippen molar-refractivity contribution in [3.63, 3.8) is 0 Å². The molecule has 2 rings (SSSR count). The van der Waals surface area contributed by atoms with Crippen molar-refractivity contribution in [2.45, 2.75) is 32.7 Å². The first kappa shape index (κ1) is 12.7. The predicted octanol–water partition coefficient (Wildman–Crippen LogP) is 3.10. The lowest BCUT2D eigenvalue weighted by molar-refractivity contribution is 0.518. The number of nitrogens with zero attached hydrogens (tertiary/aromatic N) is 1. The smallest absolute Gasteiger partial charge is 0.110 e. The number of rotatable bonds is 1. The van der Waals surface area contributed by atoms with Gasteiger partial charge in [0.1, 0.15) is 7.14 Å². The molecule has 1 aromatic rings. The Morgan fingerprint density at radius 2 is 1.88 bits per heavy atom. The molecule has 1 aliphatic heterocycles. The molecule has 0 radical (unpaired) electrons. The van der Waals surface area contributed by atoms with Crippen LogP contribution in [0.2, 0.25) is 0 Å². The van der Waals surface area contributed by atoms with Gasteiger partial charge >= 0.3 is 0 Å². The van der Waals surface area contributed by atoms with Crippen LogP contribution in [0.15, 0.2) is 18.2 Å². The van der Waals surface area contributed by atoms with Crippen LogP contribution in [-0.2, 0) is 11.0 Å². The molecule has 1 aromatic carbocycles. The van der Waals surface area contributed by atoms with Crippen molar-refractivity contribution in [3.05, 3.63) is 23.8 Å². The number of fused-ring (bicyclic) bond motifs is 1. The minimum atomic E-state index is -2.16. The molecular weight excluding hydrogens is 229 g/mol. The summed E-state index contributed by atoms with van der Waals surface area (Å²) in [7, 11) is -2.16. The first-order valence-corrected chi connectivity index (χ1v) is 8.76. The van der Waals surface area contributed by atoms with Gasteiger partial charge in [0.05, 0.1) is 0 Å². The van der Waals surface area contributed by atoms with Gasteiger partial charge in [-0.15, -0.1) is 0 Å². The van der Waals surface area contributed by atoms with Gasteiger partial charge in [-0.05, 0) is 52.2 Å². The second-order valence-electron chi connectivity index (χ2n) is 6.20. The number of benzene rings is 1. The maximum Gasteiger partial charge on any atom is 0.110 e. The Hall–Kier alpha value is -0.750. The van der Waals surface area contributed by atoms with Crippen molar-refractivity contribution in [1.29, 1.82) is 0 Å². The summed E-state index contributed by atoms with van der Waals surface area (Å²) in [5, 5.41) is 1.07. The summed E-state index contributed by atoms with van der Waals surface area (Å²) in [6.07, 6.45) is 1.02. The van der Waals surface area contributed by atoms with Gasteiger partial charge in [0.2, 0.25) is 0 Å². The molecule has 0 N–H and O–H groups in total. The van der Waals surface area contributed by atoms with Crippen molar-refractivity contribution < 1.29 is 4.57 Å². The SMILES string of the molecule is CC(C)(C)N1CCc2c1cccc2P(C)(C)=O. The van der Waals surface area contributed by atoms with Crippen LogP contribution in [0.25, 0.3) is 0 Å². The number of hydrogen-bond acceptors (Lipinski definition) is 2. The van der Waals surface area contributed by atoms with E-state index in [-0.39, 0.29) is 5.54 Å². The molecule has 0 amide bonds. The summed E-state index contributed by atoms with van der Waals surface area (Å²) in [6.45, 7) is 11.4. The van der Waals surface area contributed by atoms with E-state index in [1.807, 2.05) is 25.5 Å². The molecule has 0 atom stereocenters. The van der Waals surface area contributed by atoms with E-state index in [0.29, 0.717) is 0 Å². The van der Waals surface area contributed by atoms with Crippen LogP contribution in [-0.4, -0.2) is 25.4 Å². The summed E-state index contributed by atoms with van der Waals surface area (Å²) in [5.41, 5.74) is 2.71. The first-order chi connectivity index (χ1) is 7.71. The first-order valence-electron chi connectivity index (χ1n) is 6.16. The van der Waals surface area contributed by atoms with Gasteiger partial charge in [0, 0.05) is 23.1 Å². The molecule has 3 heteroatoms. The molecule has 0 fully saturated rings. The van der Waals surface area contributed by atoms with Crippen LogP contribution < -0.4 is 10.2 Å². The number of anilines is 1. The van der Waals surface area contributed by atoms with E-state index in [0.717, 1.165) is 18.3 Å². The van der Waals surface area contributed by atoms with E-state index in [2.05, 4.69) is 31.7 Å². The maximum atomic E-state index is 12.3. The summed E-state index contributed by atoms with van der Waals surface area (Å²) >= 11 is 0. The third-order valence-corrected chi connectivity index (χ3v) is 4.97. The van der Waals surface area contributed by atoms with Crippen LogP contribution in [0.5, 0.6) is 0 Å². The fourth-order valence-corrected chi connectivity index (χ4v) is 3.94. The van der Waals surface area contributed by atoms with E-state index >= 15 is 0 Å². The fraction of sp³-hybridized carbons (Fsp3) is 0.571. The van der Waals surface area contributed by atoms with Crippen LogP contribution in [0.3, 0.4) is 0 Å². The Kier molecular flexibility index (Phi) is 2.90. The molecule has 0 spiro atoms. The van der Waals surface area contributed by atoms with Crippen molar-refractivity contribution in [3.8, 4) is 0 Å². The summed E-state index contributed by atoms with van der Waals surface area (Å²) < 4.78 is 12.3. The zero-order valence-electron chi connectivity index (χ0n) is 11.4. The van der Waals surface area contributed by atoms with Crippen LogP contribution >= 0.6 is 7.14 Å². The van der Waals surface area contributed by atoms with Crippen molar-refractivity contribution in [2.75, 3.05) is 24.8 Å². The Bertz CT molecular complexity index is 481. The maximum absolute atomic E-state index is 12.3. The van der Waals surface area contributed by atoms with Crippen molar-refractivity contribution in [2.24, 2.45) is 0 Å². The van der Waals surface area contributed by atoms with Gasteiger partial charge < -0.3 is 9.46 Å². The number of hydrogen-bond donors (Lipinski definition) is 0. The van der Waals surface area contributed by atoms with E-state index < -0.39 is 7.14 Å². The fourth-order valence-electron chi connectivity index (χ4n) is 2.62. The monoisotopic (exact) mass is 251 g/mol. The second-order valence-corrected chi connectivity index (χ2v) is 9.38. The highest BCUT2D eigenvalue weighted by Crippen LogP contribution is 2.41. The lowest BCUT2D eigenvalue weighted by atomic mass is 10.1. The molecule has 17 heavy (non-hydrogen) atoms. The third-order valence-electron chi connectivity index (χ3n) is 3.39. The molecule has 0 bridgehead atoms. The Balaban J connectivity index is 2.54. The van der Waals surface area contributed by atoms with Crippen LogP contribution in [0.4, 0.5) is 5.69 Å². The quantitative estimate of drug-likeness (QED) is 0.715. The standard InChI is InChI=1S/C14H22NOP/c1-14(2,3)15-10-9-11-12(15)7-6-8-13(11)17(4,5)16/h6-8H,9-10H2,1-5H3. The van der Waals surface area contributed by atoms with Crippen molar-refractivity contribution in [1.82, 2.24) is 0 Å². The van der Waals surface area contributed by atoms with E-state index in [1.165, 1.54) is 11.3 Å². The molecular formula is C14H22NOP. The zero-order chi connectivity index (χ0) is 12.8. The summed E-state index contributed by atoms with van der Waals surface area (Å²) in [5.74, 6) is 0. The summed E-state index contributed by atoms with van der Waals surface area (Å²) in [4.78, 5) is 2.42. The van der Waals surface area contributed by atoms with Gasteiger partial charge in [-0.25, -0.2) is 0 Å². The highest BCUT2D eigenvalue weighted by Gasteiger charge is 2.31. The van der Waals surface area contributed by atoms with Crippen LogP contribution in [0, 0.1) is 0 Å². The van der Waals surface area contributed by atoms with Gasteiger partial charge in [-0.2, -0.15) is 0 Å². The Morgan fingerprint density at radius 1 is 1.24 bits per heavy atom. The van der Waals surface area contributed by atoms with E-state index in [9.17, 15) is 4.57 Å². The van der Waals surface area contributed by atoms with Gasteiger partial charge in [-0.1, -0.05) is 12.1 Å². The van der Waals surface area contributed by atoms with Gasteiger partial charge in [0.25, 0.3) is 0 Å². The van der Waals surface area contributed by atoms with E-state index in [1.54, 1.807) is 0 Å². The molecule has 1 heterocycles. The molecule has 0 saturated carbocycles. The van der Waals surface area contributed by atoms with Gasteiger partial charge in [0.15, 0.2) is 0 Å². The largest absolute Gasteiger partial charge is 0.366 e. The molecule has 0 aromatic heterocycles. The minimum Gasteiger partial charge on any atom is -0.366 e. The lowest BCUT2D eigenvalue weighted by Gasteiger charge is -2.34. The van der Waals surface area contributed by atoms with E-state index in [4.69, 9.17) is 0 Å². The average Bonchev–Trinajstić information content (AvgIpc) is 2.57. The molecule has 0 saturated heterocycles. The lowest BCUT2D eigenvalue weighted by Crippen LogP contribution is -2.40. The highest BCUT2D eigenvalue weighted by molar-refractivity contribution is 7.70. The van der Waals surface area contributed by atoms with Crippen LogP contribution in [0.1, 0.15) is 26.3 Å². The minimum absolute atomic E-state index is 0.134. The van der Waals surface area contributed by atoms with Crippen molar-refractivity contribution >= 4 is 18.1 Å². The van der Waals surface area contributed by atoms with Gasteiger partial charge in [-0.3, -0.25) is 0 Å². The normalized spacial score (nSPS) is 16.2. The zero-order valence-corrected chi connectivity index (χ0v) is 12.3. The molecule has 0 unspecified atom stereocenters. The third kappa shape index (κ3) is 2.28. The second kappa shape index (κ2) is 3.88.